The van der Waals surface area contributed by atoms with Crippen molar-refractivity contribution in [2.24, 2.45) is 0 Å². The van der Waals surface area contributed by atoms with Crippen LogP contribution in [0.15, 0.2) is 30.3 Å². The fraction of sp³-hybridized carbons (Fsp3) is 0.222. The van der Waals surface area contributed by atoms with Gasteiger partial charge in [-0.3, -0.25) is 9.35 Å². The molecule has 1 aromatic rings. The molecule has 0 aliphatic carbocycles. The first kappa shape index (κ1) is 12.5. The van der Waals surface area contributed by atoms with Gasteiger partial charge in [0.2, 0.25) is 0 Å². The predicted octanol–water partition coefficient (Wildman–Crippen LogP) is 0.770. The number of benzene rings is 1. The Kier molecular flexibility index (Phi) is 3.86. The van der Waals surface area contributed by atoms with Crippen LogP contribution in [0.25, 0.3) is 0 Å². The van der Waals surface area contributed by atoms with Crippen LogP contribution in [0.3, 0.4) is 0 Å². The van der Waals surface area contributed by atoms with Crippen molar-refractivity contribution in [3.8, 4) is 0 Å². The van der Waals surface area contributed by atoms with Gasteiger partial charge in [0.05, 0.1) is 12.1 Å². The number of carboxylic acids is 1. The first-order chi connectivity index (χ1) is 7.41. The molecule has 0 fully saturated rings. The summed E-state index contributed by atoms with van der Waals surface area (Å²) >= 11 is 0. The molecule has 0 bridgehead atoms. The van der Waals surface area contributed by atoms with Crippen molar-refractivity contribution in [2.45, 2.75) is 6.42 Å². The van der Waals surface area contributed by atoms with E-state index in [4.69, 9.17) is 9.66 Å². The van der Waals surface area contributed by atoms with Crippen LogP contribution in [0.1, 0.15) is 6.42 Å². The zero-order valence-corrected chi connectivity index (χ0v) is 9.09. The average Bonchev–Trinajstić information content (AvgIpc) is 2.17. The molecule has 0 saturated heterocycles. The summed E-state index contributed by atoms with van der Waals surface area (Å²) in [6.45, 7) is -0.307. The van der Waals surface area contributed by atoms with E-state index in [1.54, 1.807) is 18.2 Å². The molecule has 0 spiro atoms. The topological polar surface area (TPSA) is 94.9 Å². The van der Waals surface area contributed by atoms with Gasteiger partial charge >= 0.3 is 16.3 Å². The van der Waals surface area contributed by atoms with Crippen LogP contribution >= 0.6 is 0 Å². The Labute approximate surface area is 93.0 Å². The van der Waals surface area contributed by atoms with Crippen LogP contribution < -0.4 is 4.31 Å². The molecule has 7 heteroatoms. The second kappa shape index (κ2) is 4.95. The lowest BCUT2D eigenvalue weighted by Gasteiger charge is -2.19. The summed E-state index contributed by atoms with van der Waals surface area (Å²) in [5.41, 5.74) is 0.228. The average molecular weight is 245 g/mol. The van der Waals surface area contributed by atoms with Gasteiger partial charge in [-0.1, -0.05) is 18.2 Å². The summed E-state index contributed by atoms with van der Waals surface area (Å²) in [5, 5.41) is 8.47. The predicted molar refractivity (Wildman–Crippen MR) is 57.6 cm³/mol. The van der Waals surface area contributed by atoms with E-state index in [0.29, 0.717) is 4.31 Å². The molecule has 1 aromatic carbocycles. The number of para-hydroxylation sites is 1. The zero-order valence-electron chi connectivity index (χ0n) is 8.28. The van der Waals surface area contributed by atoms with E-state index in [-0.39, 0.29) is 18.7 Å². The molecule has 0 radical (unpaired) electrons. The maximum Gasteiger partial charge on any atom is 0.359 e. The SMILES string of the molecule is O=C(O)CCN(c1ccccc1)S(=O)(=O)O. The number of rotatable bonds is 5. The first-order valence-corrected chi connectivity index (χ1v) is 5.83. The summed E-state index contributed by atoms with van der Waals surface area (Å²) in [5.74, 6) is -1.13. The number of anilines is 1. The molecule has 1 rings (SSSR count). The van der Waals surface area contributed by atoms with E-state index in [2.05, 4.69) is 0 Å². The third kappa shape index (κ3) is 3.52. The van der Waals surface area contributed by atoms with Crippen molar-refractivity contribution in [3.05, 3.63) is 30.3 Å². The number of hydrogen-bond donors (Lipinski definition) is 2. The van der Waals surface area contributed by atoms with Crippen molar-refractivity contribution in [1.29, 1.82) is 0 Å². The van der Waals surface area contributed by atoms with Crippen molar-refractivity contribution < 1.29 is 22.9 Å². The number of carboxylic acid groups (broad SMARTS) is 1. The monoisotopic (exact) mass is 245 g/mol. The molecule has 0 aromatic heterocycles. The van der Waals surface area contributed by atoms with Gasteiger partial charge < -0.3 is 5.11 Å². The highest BCUT2D eigenvalue weighted by atomic mass is 32.2. The molecule has 0 aliphatic rings. The second-order valence-corrected chi connectivity index (χ2v) is 4.37. The van der Waals surface area contributed by atoms with E-state index in [9.17, 15) is 13.2 Å². The smallest absolute Gasteiger partial charge is 0.359 e. The highest BCUT2D eigenvalue weighted by Gasteiger charge is 2.19. The molecule has 6 nitrogen and oxygen atoms in total. The van der Waals surface area contributed by atoms with Crippen molar-refractivity contribution in [1.82, 2.24) is 0 Å². The molecule has 16 heavy (non-hydrogen) atoms. The number of aliphatic carboxylic acids is 1. The molecule has 0 aliphatic heterocycles. The lowest BCUT2D eigenvalue weighted by atomic mass is 10.3. The Morgan fingerprint density at radius 1 is 1.25 bits per heavy atom. The third-order valence-corrected chi connectivity index (χ3v) is 2.80. The summed E-state index contributed by atoms with van der Waals surface area (Å²) in [6, 6.07) is 7.80. The number of carbonyl (C=O) groups is 1. The summed E-state index contributed by atoms with van der Waals surface area (Å²) in [4.78, 5) is 10.4. The van der Waals surface area contributed by atoms with E-state index < -0.39 is 16.3 Å². The second-order valence-electron chi connectivity index (χ2n) is 3.03. The lowest BCUT2D eigenvalue weighted by molar-refractivity contribution is -0.136. The van der Waals surface area contributed by atoms with Gasteiger partial charge in [0, 0.05) is 6.54 Å². The maximum atomic E-state index is 11.0. The van der Waals surface area contributed by atoms with Crippen molar-refractivity contribution >= 4 is 22.0 Å². The first-order valence-electron chi connectivity index (χ1n) is 4.43. The van der Waals surface area contributed by atoms with Crippen LogP contribution in [0, 0.1) is 0 Å². The van der Waals surface area contributed by atoms with Gasteiger partial charge in [0.1, 0.15) is 0 Å². The summed E-state index contributed by atoms with van der Waals surface area (Å²) in [7, 11) is -4.44. The van der Waals surface area contributed by atoms with Gasteiger partial charge in [-0.05, 0) is 12.1 Å². The Hall–Kier alpha value is -1.60. The zero-order chi connectivity index (χ0) is 12.2. The van der Waals surface area contributed by atoms with Gasteiger partial charge in [0.15, 0.2) is 0 Å². The van der Waals surface area contributed by atoms with Crippen LogP contribution in [0.5, 0.6) is 0 Å². The molecule has 88 valence electrons. The minimum absolute atomic E-state index is 0.228. The van der Waals surface area contributed by atoms with Gasteiger partial charge in [-0.25, -0.2) is 4.31 Å². The largest absolute Gasteiger partial charge is 0.481 e. The number of nitrogens with zero attached hydrogens (tertiary/aromatic N) is 1. The molecule has 0 unspecified atom stereocenters. The Balaban J connectivity index is 2.94. The van der Waals surface area contributed by atoms with Gasteiger partial charge in [-0.15, -0.1) is 0 Å². The van der Waals surface area contributed by atoms with Crippen LogP contribution in [0.4, 0.5) is 5.69 Å². The van der Waals surface area contributed by atoms with E-state index in [1.807, 2.05) is 0 Å². The highest BCUT2D eigenvalue weighted by Crippen LogP contribution is 2.16. The normalized spacial score (nSPS) is 11.1. The Morgan fingerprint density at radius 3 is 2.25 bits per heavy atom. The fourth-order valence-electron chi connectivity index (χ4n) is 1.17. The lowest BCUT2D eigenvalue weighted by Crippen LogP contribution is -2.32. The van der Waals surface area contributed by atoms with Gasteiger partial charge in [-0.2, -0.15) is 8.42 Å². The Bertz CT molecular complexity index is 456. The standard InChI is InChI=1S/C9H11NO5S/c11-9(12)6-7-10(16(13,14)15)8-4-2-1-3-5-8/h1-5H,6-7H2,(H,11,12)(H,13,14,15). The quantitative estimate of drug-likeness (QED) is 0.747. The van der Waals surface area contributed by atoms with E-state index in [0.717, 1.165) is 0 Å². The molecular weight excluding hydrogens is 234 g/mol. The summed E-state index contributed by atoms with van der Waals surface area (Å²) < 4.78 is 31.7. The molecular formula is C9H11NO5S. The van der Waals surface area contributed by atoms with Crippen LogP contribution in [-0.2, 0) is 15.1 Å². The highest BCUT2D eigenvalue weighted by molar-refractivity contribution is 7.87. The Morgan fingerprint density at radius 2 is 1.81 bits per heavy atom. The molecule has 0 saturated carbocycles. The third-order valence-electron chi connectivity index (χ3n) is 1.85. The fourth-order valence-corrected chi connectivity index (χ4v) is 1.88. The minimum atomic E-state index is -4.44. The van der Waals surface area contributed by atoms with E-state index >= 15 is 0 Å². The number of hydrogen-bond acceptors (Lipinski definition) is 3. The van der Waals surface area contributed by atoms with Crippen LogP contribution in [0.2, 0.25) is 0 Å². The van der Waals surface area contributed by atoms with Crippen molar-refractivity contribution in [2.75, 3.05) is 10.8 Å². The minimum Gasteiger partial charge on any atom is -0.481 e. The van der Waals surface area contributed by atoms with Crippen LogP contribution in [-0.4, -0.2) is 30.6 Å². The maximum absolute atomic E-state index is 11.0. The van der Waals surface area contributed by atoms with Gasteiger partial charge in [0.25, 0.3) is 0 Å². The molecule has 0 amide bonds. The van der Waals surface area contributed by atoms with E-state index in [1.165, 1.54) is 12.1 Å². The molecule has 0 atom stereocenters. The van der Waals surface area contributed by atoms with Crippen molar-refractivity contribution in [3.63, 3.8) is 0 Å². The molecule has 2 N–H and O–H groups in total. The summed E-state index contributed by atoms with van der Waals surface area (Å²) in [6.07, 6.45) is -0.380. The molecule has 0 heterocycles.